The van der Waals surface area contributed by atoms with Crippen LogP contribution in [0.2, 0.25) is 5.02 Å². The van der Waals surface area contributed by atoms with Crippen molar-refractivity contribution in [2.45, 2.75) is 6.92 Å². The third-order valence-corrected chi connectivity index (χ3v) is 5.70. The van der Waals surface area contributed by atoms with Crippen LogP contribution in [0.4, 0.5) is 5.69 Å². The quantitative estimate of drug-likeness (QED) is 0.358. The molecule has 0 saturated carbocycles. The number of allylic oxidation sites excluding steroid dienone is 3. The first-order chi connectivity index (χ1) is 14.5. The van der Waals surface area contributed by atoms with Gasteiger partial charge in [0.2, 0.25) is 5.78 Å². The van der Waals surface area contributed by atoms with Crippen molar-refractivity contribution < 1.29 is 14.3 Å². The summed E-state index contributed by atoms with van der Waals surface area (Å²) >= 11 is 7.15. The van der Waals surface area contributed by atoms with Crippen LogP contribution in [0.1, 0.15) is 12.5 Å². The molecule has 1 atom stereocenters. The van der Waals surface area contributed by atoms with Crippen LogP contribution in [0.25, 0.3) is 6.08 Å². The number of nitrogens with zero attached hydrogens (tertiary/aromatic N) is 2. The van der Waals surface area contributed by atoms with E-state index < -0.39 is 17.2 Å². The normalized spacial score (nSPS) is 21.3. The van der Waals surface area contributed by atoms with Crippen molar-refractivity contribution in [1.29, 1.82) is 5.26 Å². The van der Waals surface area contributed by atoms with E-state index in [1.54, 1.807) is 43.3 Å². The number of hydrogen-bond acceptors (Lipinski definition) is 6. The van der Waals surface area contributed by atoms with Gasteiger partial charge in [0.05, 0.1) is 28.3 Å². The van der Waals surface area contributed by atoms with Gasteiger partial charge in [-0.1, -0.05) is 78.0 Å². The summed E-state index contributed by atoms with van der Waals surface area (Å²) < 4.78 is 5.06. The minimum absolute atomic E-state index is 0.0286. The van der Waals surface area contributed by atoms with Crippen molar-refractivity contribution in [3.63, 3.8) is 0 Å². The third-order valence-electron chi connectivity index (χ3n) is 4.25. The van der Waals surface area contributed by atoms with Crippen LogP contribution < -0.4 is 0 Å². The Morgan fingerprint density at radius 3 is 2.60 bits per heavy atom. The molecule has 1 unspecified atom stereocenters. The van der Waals surface area contributed by atoms with Crippen LogP contribution in [0.3, 0.4) is 0 Å². The SMILES string of the molecule is CCOC(=O)C1(C#N)C(=O)/C(=C\C=C\c2ccccc2)SC1=Nc1ccccc1Cl. The summed E-state index contributed by atoms with van der Waals surface area (Å²) in [5, 5.41) is 10.3. The second kappa shape index (κ2) is 9.57. The number of benzene rings is 2. The fourth-order valence-electron chi connectivity index (χ4n) is 2.75. The largest absolute Gasteiger partial charge is 0.464 e. The molecule has 2 aromatic carbocycles. The lowest BCUT2D eigenvalue weighted by Crippen LogP contribution is -2.41. The number of aliphatic imine (C=N–C) groups is 1. The Hall–Kier alpha value is -3.14. The number of ketones is 1. The Balaban J connectivity index is 2.05. The van der Waals surface area contributed by atoms with E-state index in [1.165, 1.54) is 0 Å². The molecule has 1 fully saturated rings. The molecule has 1 aliphatic heterocycles. The van der Waals surface area contributed by atoms with Crippen LogP contribution >= 0.6 is 23.4 Å². The van der Waals surface area contributed by atoms with Crippen molar-refractivity contribution in [2.24, 2.45) is 10.4 Å². The van der Waals surface area contributed by atoms with Gasteiger partial charge in [-0.25, -0.2) is 9.79 Å². The van der Waals surface area contributed by atoms with Crippen molar-refractivity contribution in [3.8, 4) is 6.07 Å². The zero-order valence-electron chi connectivity index (χ0n) is 16.0. The van der Waals surface area contributed by atoms with Gasteiger partial charge in [-0.3, -0.25) is 4.79 Å². The molecule has 30 heavy (non-hydrogen) atoms. The number of thioether (sulfide) groups is 1. The van der Waals surface area contributed by atoms with Crippen LogP contribution in [-0.4, -0.2) is 23.4 Å². The minimum atomic E-state index is -2.15. The number of rotatable bonds is 5. The van der Waals surface area contributed by atoms with Crippen molar-refractivity contribution in [1.82, 2.24) is 0 Å². The van der Waals surface area contributed by atoms with Gasteiger partial charge in [-0.05, 0) is 30.7 Å². The minimum Gasteiger partial charge on any atom is -0.464 e. The van der Waals surface area contributed by atoms with E-state index in [-0.39, 0.29) is 16.6 Å². The van der Waals surface area contributed by atoms with Crippen LogP contribution in [-0.2, 0) is 14.3 Å². The highest BCUT2D eigenvalue weighted by atomic mass is 35.5. The number of hydrogen-bond donors (Lipinski definition) is 0. The Morgan fingerprint density at radius 1 is 1.23 bits per heavy atom. The molecule has 1 saturated heterocycles. The molecule has 0 amide bonds. The lowest BCUT2D eigenvalue weighted by Gasteiger charge is -2.16. The first kappa shape index (κ1) is 21.6. The van der Waals surface area contributed by atoms with Gasteiger partial charge in [0.25, 0.3) is 5.41 Å². The summed E-state index contributed by atoms with van der Waals surface area (Å²) in [4.78, 5) is 30.5. The Kier molecular flexibility index (Phi) is 6.88. The molecule has 7 heteroatoms. The van der Waals surface area contributed by atoms with Crippen molar-refractivity contribution in [3.05, 3.63) is 82.2 Å². The molecule has 2 aromatic rings. The van der Waals surface area contributed by atoms with E-state index in [2.05, 4.69) is 4.99 Å². The Morgan fingerprint density at radius 2 is 1.93 bits per heavy atom. The monoisotopic (exact) mass is 436 g/mol. The molecular formula is C23H17ClN2O3S. The number of esters is 1. The fraction of sp³-hybridized carbons (Fsp3) is 0.130. The van der Waals surface area contributed by atoms with Crippen LogP contribution in [0, 0.1) is 16.7 Å². The number of ether oxygens (including phenoxy) is 1. The summed E-state index contributed by atoms with van der Waals surface area (Å²) in [6.07, 6.45) is 5.09. The highest BCUT2D eigenvalue weighted by Gasteiger charge is 2.59. The number of para-hydroxylation sites is 1. The maximum Gasteiger partial charge on any atom is 0.341 e. The predicted molar refractivity (Wildman–Crippen MR) is 119 cm³/mol. The van der Waals surface area contributed by atoms with Crippen LogP contribution in [0.5, 0.6) is 0 Å². The highest BCUT2D eigenvalue weighted by molar-refractivity contribution is 8.19. The van der Waals surface area contributed by atoms with Gasteiger partial charge >= 0.3 is 5.97 Å². The lowest BCUT2D eigenvalue weighted by atomic mass is 9.85. The first-order valence-electron chi connectivity index (χ1n) is 9.11. The topological polar surface area (TPSA) is 79.5 Å². The van der Waals surface area contributed by atoms with E-state index in [1.807, 2.05) is 42.5 Å². The molecule has 0 aromatic heterocycles. The van der Waals surface area contributed by atoms with E-state index in [0.29, 0.717) is 10.7 Å². The standard InChI is InChI=1S/C23H17ClN2O3S/c1-2-29-22(28)23(15-25)20(27)19(14-8-11-16-9-4-3-5-10-16)30-21(23)26-18-13-7-6-12-17(18)24/h3-14H,2H2,1H3/b11-8+,19-14+,26-21?. The van der Waals surface area contributed by atoms with E-state index >= 15 is 0 Å². The highest BCUT2D eigenvalue weighted by Crippen LogP contribution is 2.45. The molecule has 0 bridgehead atoms. The molecule has 3 rings (SSSR count). The Labute approximate surface area is 183 Å². The van der Waals surface area contributed by atoms with Crippen LogP contribution in [0.15, 0.2) is 76.6 Å². The van der Waals surface area contributed by atoms with Gasteiger partial charge in [0.15, 0.2) is 0 Å². The third kappa shape index (κ3) is 4.23. The fourth-order valence-corrected chi connectivity index (χ4v) is 4.05. The molecule has 0 aliphatic carbocycles. The summed E-state index contributed by atoms with van der Waals surface area (Å²) in [6.45, 7) is 1.65. The zero-order chi connectivity index (χ0) is 21.6. The maximum absolute atomic E-state index is 13.1. The molecule has 1 heterocycles. The zero-order valence-corrected chi connectivity index (χ0v) is 17.6. The van der Waals surface area contributed by atoms with Crippen molar-refractivity contribution >= 4 is 51.9 Å². The molecule has 150 valence electrons. The molecular weight excluding hydrogens is 420 g/mol. The van der Waals surface area contributed by atoms with E-state index in [4.69, 9.17) is 16.3 Å². The molecule has 0 N–H and O–H groups in total. The first-order valence-corrected chi connectivity index (χ1v) is 10.3. The average Bonchev–Trinajstić information content (AvgIpc) is 3.02. The molecule has 1 aliphatic rings. The average molecular weight is 437 g/mol. The number of Topliss-reactive ketones (excluding diaryl/α,β-unsaturated/α-hetero) is 1. The van der Waals surface area contributed by atoms with Gasteiger partial charge < -0.3 is 4.74 Å². The predicted octanol–water partition coefficient (Wildman–Crippen LogP) is 5.36. The lowest BCUT2D eigenvalue weighted by molar-refractivity contribution is -0.151. The van der Waals surface area contributed by atoms with Gasteiger partial charge in [0.1, 0.15) is 5.04 Å². The summed E-state index contributed by atoms with van der Waals surface area (Å²) in [6, 6.07) is 18.1. The van der Waals surface area contributed by atoms with Gasteiger partial charge in [-0.15, -0.1) is 0 Å². The molecule has 5 nitrogen and oxygen atoms in total. The number of nitriles is 1. The van der Waals surface area contributed by atoms with Gasteiger partial charge in [0, 0.05) is 0 Å². The number of carbonyl (C=O) groups is 2. The number of carbonyl (C=O) groups excluding carboxylic acids is 2. The summed E-state index contributed by atoms with van der Waals surface area (Å²) in [5.74, 6) is -1.59. The van der Waals surface area contributed by atoms with E-state index in [0.717, 1.165) is 17.3 Å². The summed E-state index contributed by atoms with van der Waals surface area (Å²) in [7, 11) is 0. The van der Waals surface area contributed by atoms with Crippen molar-refractivity contribution in [2.75, 3.05) is 6.61 Å². The molecule has 0 radical (unpaired) electrons. The second-order valence-corrected chi connectivity index (χ2v) is 7.62. The smallest absolute Gasteiger partial charge is 0.341 e. The maximum atomic E-state index is 13.1. The Bertz CT molecular complexity index is 1100. The molecule has 0 spiro atoms. The second-order valence-electron chi connectivity index (χ2n) is 6.18. The van der Waals surface area contributed by atoms with E-state index in [9.17, 15) is 14.9 Å². The summed E-state index contributed by atoms with van der Waals surface area (Å²) in [5.41, 5.74) is -0.835. The van der Waals surface area contributed by atoms with Gasteiger partial charge in [-0.2, -0.15) is 5.26 Å². The number of halogens is 1.